The van der Waals surface area contributed by atoms with Crippen LogP contribution in [-0.4, -0.2) is 48.8 Å². The number of nitrogens with zero attached hydrogens (tertiary/aromatic N) is 6. The van der Waals surface area contributed by atoms with Crippen LogP contribution < -0.4 is 4.74 Å². The molecule has 4 heterocycles. The fourth-order valence-corrected chi connectivity index (χ4v) is 4.18. The van der Waals surface area contributed by atoms with Gasteiger partial charge in [0.2, 0.25) is 5.88 Å². The SMILES string of the molecule is Cc1cccc(Oc2nccnc2C2CCN(C(=O)c3ccnc(-c4cncnc4)c3)CC2)c1. The Bertz CT molecular complexity index is 1290. The highest BCUT2D eigenvalue weighted by atomic mass is 16.5. The second kappa shape index (κ2) is 9.74. The van der Waals surface area contributed by atoms with Crippen LogP contribution >= 0.6 is 0 Å². The Morgan fingerprint density at radius 3 is 2.56 bits per heavy atom. The van der Waals surface area contributed by atoms with Gasteiger partial charge in [0.15, 0.2) is 0 Å². The zero-order valence-corrected chi connectivity index (χ0v) is 18.8. The van der Waals surface area contributed by atoms with Gasteiger partial charge in [-0.25, -0.2) is 15.0 Å². The Morgan fingerprint density at radius 2 is 1.76 bits per heavy atom. The van der Waals surface area contributed by atoms with Crippen LogP contribution in [0.15, 0.2) is 73.7 Å². The molecule has 0 radical (unpaired) electrons. The predicted octanol–water partition coefficient (Wildman–Crippen LogP) is 4.45. The number of benzene rings is 1. The van der Waals surface area contributed by atoms with Crippen molar-refractivity contribution >= 4 is 5.91 Å². The summed E-state index contributed by atoms with van der Waals surface area (Å²) in [6.45, 7) is 3.29. The predicted molar refractivity (Wildman–Crippen MR) is 126 cm³/mol. The highest BCUT2D eigenvalue weighted by molar-refractivity contribution is 5.95. The number of hydrogen-bond acceptors (Lipinski definition) is 7. The summed E-state index contributed by atoms with van der Waals surface area (Å²) in [6.07, 6.45) is 11.4. The summed E-state index contributed by atoms with van der Waals surface area (Å²) in [5.41, 5.74) is 4.02. The van der Waals surface area contributed by atoms with Crippen LogP contribution in [0.4, 0.5) is 0 Å². The molecule has 1 aliphatic rings. The monoisotopic (exact) mass is 452 g/mol. The molecule has 170 valence electrons. The number of amides is 1. The van der Waals surface area contributed by atoms with Crippen LogP contribution in [-0.2, 0) is 0 Å². The lowest BCUT2D eigenvalue weighted by Crippen LogP contribution is -2.38. The molecule has 1 amide bonds. The zero-order valence-electron chi connectivity index (χ0n) is 18.8. The lowest BCUT2D eigenvalue weighted by Gasteiger charge is -2.32. The Morgan fingerprint density at radius 1 is 0.971 bits per heavy atom. The number of carbonyl (C=O) groups is 1. The molecule has 0 spiro atoms. The zero-order chi connectivity index (χ0) is 23.3. The third-order valence-electron chi connectivity index (χ3n) is 5.93. The first-order valence-electron chi connectivity index (χ1n) is 11.2. The summed E-state index contributed by atoms with van der Waals surface area (Å²) in [4.78, 5) is 36.5. The van der Waals surface area contributed by atoms with E-state index in [2.05, 4.69) is 24.9 Å². The van der Waals surface area contributed by atoms with Crippen molar-refractivity contribution in [3.63, 3.8) is 0 Å². The molecule has 1 aliphatic heterocycles. The average molecular weight is 453 g/mol. The van der Waals surface area contributed by atoms with Crippen molar-refractivity contribution in [3.8, 4) is 22.9 Å². The van der Waals surface area contributed by atoms with Gasteiger partial charge in [0.1, 0.15) is 17.8 Å². The van der Waals surface area contributed by atoms with E-state index in [0.717, 1.165) is 35.4 Å². The van der Waals surface area contributed by atoms with Crippen LogP contribution in [0.5, 0.6) is 11.6 Å². The molecule has 0 N–H and O–H groups in total. The minimum atomic E-state index is -0.00525. The Kier molecular flexibility index (Phi) is 6.20. The van der Waals surface area contributed by atoms with Gasteiger partial charge in [-0.05, 0) is 49.6 Å². The van der Waals surface area contributed by atoms with E-state index in [1.54, 1.807) is 43.1 Å². The van der Waals surface area contributed by atoms with Crippen molar-refractivity contribution in [1.82, 2.24) is 29.8 Å². The molecule has 0 saturated carbocycles. The Hall–Kier alpha value is -4.20. The van der Waals surface area contributed by atoms with Gasteiger partial charge in [0.25, 0.3) is 5.91 Å². The molecule has 0 atom stereocenters. The van der Waals surface area contributed by atoms with Gasteiger partial charge in [-0.1, -0.05) is 12.1 Å². The van der Waals surface area contributed by atoms with Gasteiger partial charge in [0, 0.05) is 61.1 Å². The minimum Gasteiger partial charge on any atom is -0.437 e. The number of rotatable bonds is 5. The molecule has 34 heavy (non-hydrogen) atoms. The summed E-state index contributed by atoms with van der Waals surface area (Å²) in [5, 5.41) is 0. The highest BCUT2D eigenvalue weighted by Gasteiger charge is 2.28. The van der Waals surface area contributed by atoms with Gasteiger partial charge >= 0.3 is 0 Å². The van der Waals surface area contributed by atoms with E-state index in [0.29, 0.717) is 30.2 Å². The van der Waals surface area contributed by atoms with E-state index in [-0.39, 0.29) is 11.8 Å². The number of pyridine rings is 1. The number of aryl methyl sites for hydroxylation is 1. The number of hydrogen-bond donors (Lipinski definition) is 0. The molecular weight excluding hydrogens is 428 g/mol. The topological polar surface area (TPSA) is 94.0 Å². The number of ether oxygens (including phenoxy) is 1. The first-order valence-corrected chi connectivity index (χ1v) is 11.2. The van der Waals surface area contributed by atoms with Crippen LogP contribution in [0.25, 0.3) is 11.3 Å². The summed E-state index contributed by atoms with van der Waals surface area (Å²) in [6, 6.07) is 11.4. The van der Waals surface area contributed by atoms with Gasteiger partial charge < -0.3 is 9.64 Å². The lowest BCUT2D eigenvalue weighted by molar-refractivity contribution is 0.0711. The number of likely N-dealkylation sites (tertiary alicyclic amines) is 1. The van der Waals surface area contributed by atoms with Crippen LogP contribution in [0.3, 0.4) is 0 Å². The number of carbonyl (C=O) groups excluding carboxylic acids is 1. The normalized spacial score (nSPS) is 14.1. The van der Waals surface area contributed by atoms with E-state index in [9.17, 15) is 4.79 Å². The maximum Gasteiger partial charge on any atom is 0.253 e. The smallest absolute Gasteiger partial charge is 0.253 e. The fourth-order valence-electron chi connectivity index (χ4n) is 4.18. The van der Waals surface area contributed by atoms with Gasteiger partial charge in [0.05, 0.1) is 5.69 Å². The minimum absolute atomic E-state index is 0.00525. The number of aromatic nitrogens is 5. The molecule has 1 saturated heterocycles. The van der Waals surface area contributed by atoms with E-state index in [1.165, 1.54) is 6.33 Å². The van der Waals surface area contributed by atoms with E-state index >= 15 is 0 Å². The summed E-state index contributed by atoms with van der Waals surface area (Å²) in [7, 11) is 0. The third kappa shape index (κ3) is 4.76. The maximum atomic E-state index is 13.2. The standard InChI is InChI=1S/C26H24N6O2/c1-18-3-2-4-22(13-18)34-25-24(30-9-10-31-25)19-6-11-32(12-7-19)26(33)20-5-8-29-23(14-20)21-15-27-17-28-16-21/h2-5,8-10,13-17,19H,6-7,11-12H2,1H3. The van der Waals surface area contributed by atoms with Crippen molar-refractivity contribution in [3.05, 3.63) is 90.5 Å². The van der Waals surface area contributed by atoms with Gasteiger partial charge in [-0.3, -0.25) is 14.8 Å². The quantitative estimate of drug-likeness (QED) is 0.442. The molecule has 8 heteroatoms. The fraction of sp³-hybridized carbons (Fsp3) is 0.231. The maximum absolute atomic E-state index is 13.2. The molecule has 5 rings (SSSR count). The second-order valence-electron chi connectivity index (χ2n) is 8.29. The first kappa shape index (κ1) is 21.6. The van der Waals surface area contributed by atoms with Crippen LogP contribution in [0.2, 0.25) is 0 Å². The summed E-state index contributed by atoms with van der Waals surface area (Å²) in [5.74, 6) is 1.44. The van der Waals surface area contributed by atoms with Crippen LogP contribution in [0, 0.1) is 6.92 Å². The van der Waals surface area contributed by atoms with E-state index in [1.807, 2.05) is 36.1 Å². The van der Waals surface area contributed by atoms with E-state index in [4.69, 9.17) is 4.74 Å². The average Bonchev–Trinajstić information content (AvgIpc) is 2.89. The van der Waals surface area contributed by atoms with Crippen molar-refractivity contribution in [2.75, 3.05) is 13.1 Å². The molecule has 4 aromatic rings. The van der Waals surface area contributed by atoms with Crippen molar-refractivity contribution in [2.45, 2.75) is 25.7 Å². The first-order chi connectivity index (χ1) is 16.7. The summed E-state index contributed by atoms with van der Waals surface area (Å²) < 4.78 is 6.07. The van der Waals surface area contributed by atoms with Crippen molar-refractivity contribution in [1.29, 1.82) is 0 Å². The van der Waals surface area contributed by atoms with Crippen molar-refractivity contribution < 1.29 is 9.53 Å². The molecular formula is C26H24N6O2. The third-order valence-corrected chi connectivity index (χ3v) is 5.93. The van der Waals surface area contributed by atoms with Crippen molar-refractivity contribution in [2.24, 2.45) is 0 Å². The molecule has 1 fully saturated rings. The Labute approximate surface area is 197 Å². The van der Waals surface area contributed by atoms with Gasteiger partial charge in [-0.2, -0.15) is 0 Å². The molecule has 0 aliphatic carbocycles. The molecule has 0 unspecified atom stereocenters. The molecule has 3 aromatic heterocycles. The lowest BCUT2D eigenvalue weighted by atomic mass is 9.93. The molecule has 8 nitrogen and oxygen atoms in total. The summed E-state index contributed by atoms with van der Waals surface area (Å²) >= 11 is 0. The van der Waals surface area contributed by atoms with E-state index < -0.39 is 0 Å². The molecule has 1 aromatic carbocycles. The Balaban J connectivity index is 1.27. The van der Waals surface area contributed by atoms with Crippen LogP contribution in [0.1, 0.15) is 40.4 Å². The molecule has 0 bridgehead atoms. The largest absolute Gasteiger partial charge is 0.437 e. The second-order valence-corrected chi connectivity index (χ2v) is 8.29. The van der Waals surface area contributed by atoms with Gasteiger partial charge in [-0.15, -0.1) is 0 Å². The highest BCUT2D eigenvalue weighted by Crippen LogP contribution is 2.34. The number of piperidine rings is 1.